The summed E-state index contributed by atoms with van der Waals surface area (Å²) in [7, 11) is 0. The lowest BCUT2D eigenvalue weighted by molar-refractivity contribution is -0.138. The van der Waals surface area contributed by atoms with Crippen LogP contribution < -0.4 is 15.8 Å². The van der Waals surface area contributed by atoms with Crippen LogP contribution in [0.3, 0.4) is 0 Å². The number of carbonyl (C=O) groups excluding carboxylic acids is 1. The zero-order chi connectivity index (χ0) is 19.7. The first kappa shape index (κ1) is 19.2. The number of nitrogens with one attached hydrogen (secondary N) is 2. The predicted molar refractivity (Wildman–Crippen MR) is 99.8 cm³/mol. The molecule has 2 aliphatic heterocycles. The smallest absolute Gasteiger partial charge is 0.353 e. The van der Waals surface area contributed by atoms with Crippen LogP contribution in [0.4, 0.5) is 19.0 Å². The molecule has 150 valence electrons. The first-order valence-electron chi connectivity index (χ1n) is 9.03. The van der Waals surface area contributed by atoms with Gasteiger partial charge in [-0.25, -0.2) is 15.8 Å². The zero-order valence-electron chi connectivity index (χ0n) is 14.9. The van der Waals surface area contributed by atoms with E-state index in [1.165, 1.54) is 10.9 Å². The van der Waals surface area contributed by atoms with Gasteiger partial charge in [0.1, 0.15) is 11.9 Å². The monoisotopic (exact) mass is 411 g/mol. The van der Waals surface area contributed by atoms with E-state index in [0.29, 0.717) is 38.4 Å². The number of hydrogen-bond acceptors (Lipinski definition) is 6. The fourth-order valence-electron chi connectivity index (χ4n) is 3.51. The van der Waals surface area contributed by atoms with Gasteiger partial charge in [0.2, 0.25) is 5.91 Å². The molecule has 2 aromatic rings. The lowest BCUT2D eigenvalue weighted by atomic mass is 10.1. The molecule has 0 aromatic carbocycles. The first-order chi connectivity index (χ1) is 13.4. The highest BCUT2D eigenvalue weighted by Gasteiger charge is 2.35. The molecule has 2 fully saturated rings. The molecule has 2 atom stereocenters. The van der Waals surface area contributed by atoms with Gasteiger partial charge in [-0.1, -0.05) is 6.07 Å². The number of nitrogens with zero attached hydrogens (tertiary/aromatic N) is 3. The van der Waals surface area contributed by atoms with Gasteiger partial charge in [0.05, 0.1) is 11.6 Å². The van der Waals surface area contributed by atoms with Crippen molar-refractivity contribution in [2.75, 3.05) is 31.1 Å². The fourth-order valence-corrected chi connectivity index (χ4v) is 4.30. The van der Waals surface area contributed by atoms with E-state index in [0.717, 1.165) is 12.3 Å². The molecule has 10 heteroatoms. The average Bonchev–Trinajstić information content (AvgIpc) is 3.38. The third kappa shape index (κ3) is 3.98. The van der Waals surface area contributed by atoms with Gasteiger partial charge >= 0.3 is 6.18 Å². The third-order valence-electron chi connectivity index (χ3n) is 5.08. The van der Waals surface area contributed by atoms with Crippen molar-refractivity contribution in [3.05, 3.63) is 46.3 Å². The lowest BCUT2D eigenvalue weighted by Crippen LogP contribution is -2.53. The van der Waals surface area contributed by atoms with Gasteiger partial charge < -0.3 is 9.80 Å². The lowest BCUT2D eigenvalue weighted by Gasteiger charge is -2.36. The topological polar surface area (TPSA) is 60.5 Å². The van der Waals surface area contributed by atoms with Gasteiger partial charge in [0.15, 0.2) is 0 Å². The van der Waals surface area contributed by atoms with Crippen molar-refractivity contribution in [1.82, 2.24) is 20.7 Å². The van der Waals surface area contributed by atoms with Crippen molar-refractivity contribution in [2.45, 2.75) is 24.7 Å². The fraction of sp³-hybridized carbons (Fsp3) is 0.444. The van der Waals surface area contributed by atoms with Crippen LogP contribution in [0.2, 0.25) is 0 Å². The van der Waals surface area contributed by atoms with E-state index in [1.54, 1.807) is 16.2 Å². The Labute approximate surface area is 164 Å². The third-order valence-corrected chi connectivity index (χ3v) is 6.06. The molecular formula is C18H20F3N5OS. The van der Waals surface area contributed by atoms with E-state index in [9.17, 15) is 18.0 Å². The van der Waals surface area contributed by atoms with Crippen LogP contribution in [0.1, 0.15) is 22.9 Å². The number of amides is 1. The first-order valence-corrected chi connectivity index (χ1v) is 9.91. The Morgan fingerprint density at radius 1 is 1.14 bits per heavy atom. The molecule has 28 heavy (non-hydrogen) atoms. The minimum Gasteiger partial charge on any atom is -0.353 e. The van der Waals surface area contributed by atoms with Crippen molar-refractivity contribution < 1.29 is 18.0 Å². The number of pyridine rings is 1. The molecule has 0 saturated carbocycles. The summed E-state index contributed by atoms with van der Waals surface area (Å²) < 4.78 is 38.0. The number of alkyl halides is 3. The molecule has 0 spiro atoms. The van der Waals surface area contributed by atoms with Gasteiger partial charge in [-0.3, -0.25) is 4.79 Å². The number of hydrazine groups is 1. The molecule has 0 bridgehead atoms. The summed E-state index contributed by atoms with van der Waals surface area (Å²) in [6.45, 7) is 2.12. The maximum atomic E-state index is 12.8. The van der Waals surface area contributed by atoms with E-state index in [1.807, 2.05) is 22.4 Å². The van der Waals surface area contributed by atoms with E-state index in [2.05, 4.69) is 15.8 Å². The summed E-state index contributed by atoms with van der Waals surface area (Å²) in [4.78, 5) is 21.6. The number of thiophene rings is 1. The molecule has 2 aliphatic rings. The van der Waals surface area contributed by atoms with Crippen molar-refractivity contribution >= 4 is 23.1 Å². The molecule has 2 aromatic heterocycles. The van der Waals surface area contributed by atoms with Crippen molar-refractivity contribution in [2.24, 2.45) is 0 Å². The van der Waals surface area contributed by atoms with Crippen LogP contribution in [0.5, 0.6) is 0 Å². The number of anilines is 1. The number of carbonyl (C=O) groups is 1. The largest absolute Gasteiger partial charge is 0.417 e. The second-order valence-corrected chi connectivity index (χ2v) is 7.84. The Morgan fingerprint density at radius 2 is 1.93 bits per heavy atom. The zero-order valence-corrected chi connectivity index (χ0v) is 15.8. The minimum absolute atomic E-state index is 0.0478. The second-order valence-electron chi connectivity index (χ2n) is 6.86. The Kier molecular flexibility index (Phi) is 5.26. The van der Waals surface area contributed by atoms with Gasteiger partial charge in [0, 0.05) is 37.3 Å². The van der Waals surface area contributed by atoms with Crippen molar-refractivity contribution in [3.63, 3.8) is 0 Å². The molecule has 0 radical (unpaired) electrons. The number of rotatable bonds is 3. The van der Waals surface area contributed by atoms with Crippen LogP contribution in [0, 0.1) is 0 Å². The highest BCUT2D eigenvalue weighted by Crippen LogP contribution is 2.30. The van der Waals surface area contributed by atoms with E-state index < -0.39 is 11.7 Å². The highest BCUT2D eigenvalue weighted by molar-refractivity contribution is 7.10. The van der Waals surface area contributed by atoms with E-state index >= 15 is 0 Å². The number of halogens is 3. The van der Waals surface area contributed by atoms with Crippen molar-refractivity contribution in [3.8, 4) is 0 Å². The van der Waals surface area contributed by atoms with Crippen LogP contribution in [0.25, 0.3) is 0 Å². The van der Waals surface area contributed by atoms with Gasteiger partial charge in [-0.15, -0.1) is 11.3 Å². The Morgan fingerprint density at radius 3 is 2.54 bits per heavy atom. The molecule has 2 N–H and O–H groups in total. The summed E-state index contributed by atoms with van der Waals surface area (Å²) >= 11 is 1.66. The van der Waals surface area contributed by atoms with E-state index in [-0.39, 0.29) is 18.0 Å². The summed E-state index contributed by atoms with van der Waals surface area (Å²) in [6, 6.07) is 6.32. The molecule has 2 unspecified atom stereocenters. The summed E-state index contributed by atoms with van der Waals surface area (Å²) in [6.07, 6.45) is -2.84. The molecule has 4 rings (SSSR count). The maximum absolute atomic E-state index is 12.8. The summed E-state index contributed by atoms with van der Waals surface area (Å²) in [5.41, 5.74) is 5.51. The number of piperazine rings is 1. The second kappa shape index (κ2) is 7.69. The maximum Gasteiger partial charge on any atom is 0.417 e. The molecule has 2 saturated heterocycles. The Balaban J connectivity index is 1.31. The molecule has 6 nitrogen and oxygen atoms in total. The highest BCUT2D eigenvalue weighted by atomic mass is 32.1. The molecule has 0 aliphatic carbocycles. The normalized spacial score (nSPS) is 23.2. The summed E-state index contributed by atoms with van der Waals surface area (Å²) in [5.74, 6) is 0.546. The Bertz CT molecular complexity index is 804. The van der Waals surface area contributed by atoms with Gasteiger partial charge in [-0.05, 0) is 30.0 Å². The van der Waals surface area contributed by atoms with E-state index in [4.69, 9.17) is 0 Å². The molecule has 1 amide bonds. The SMILES string of the molecule is O=C(C1CC(c2cccs2)NN1)N1CCN(c2ccc(C(F)(F)F)cn2)CC1. The van der Waals surface area contributed by atoms with Crippen molar-refractivity contribution in [1.29, 1.82) is 0 Å². The minimum atomic E-state index is -4.39. The predicted octanol–water partition coefficient (Wildman–Crippen LogP) is 2.42. The molecular weight excluding hydrogens is 391 g/mol. The Hall–Kier alpha value is -2.17. The van der Waals surface area contributed by atoms with Gasteiger partial charge in [0.25, 0.3) is 0 Å². The van der Waals surface area contributed by atoms with Crippen LogP contribution in [0.15, 0.2) is 35.8 Å². The standard InChI is InChI=1S/C18H20F3N5OS/c19-18(20,21)12-3-4-16(22-11-12)25-5-7-26(8-6-25)17(27)14-10-13(23-24-14)15-2-1-9-28-15/h1-4,9,11,13-14,23-24H,5-8,10H2. The average molecular weight is 411 g/mol. The quantitative estimate of drug-likeness (QED) is 0.813. The van der Waals surface area contributed by atoms with Crippen LogP contribution >= 0.6 is 11.3 Å². The van der Waals surface area contributed by atoms with Crippen LogP contribution in [-0.4, -0.2) is 48.0 Å². The molecule has 4 heterocycles. The number of hydrogen-bond donors (Lipinski definition) is 2. The van der Waals surface area contributed by atoms with Crippen LogP contribution in [-0.2, 0) is 11.0 Å². The van der Waals surface area contributed by atoms with Gasteiger partial charge in [-0.2, -0.15) is 13.2 Å². The number of aromatic nitrogens is 1. The summed E-state index contributed by atoms with van der Waals surface area (Å²) in [5, 5.41) is 2.01.